The van der Waals surface area contributed by atoms with Gasteiger partial charge in [-0.25, -0.2) is 0 Å². The molecule has 1 aliphatic carbocycles. The zero-order chi connectivity index (χ0) is 14.7. The smallest absolute Gasteiger partial charge is 0.245 e. The predicted octanol–water partition coefficient (Wildman–Crippen LogP) is 3.48. The summed E-state index contributed by atoms with van der Waals surface area (Å²) in [7, 11) is 0. The van der Waals surface area contributed by atoms with E-state index < -0.39 is 0 Å². The van der Waals surface area contributed by atoms with Crippen molar-refractivity contribution < 1.29 is 4.79 Å². The lowest BCUT2D eigenvalue weighted by atomic mass is 10.0. The Labute approximate surface area is 127 Å². The molecule has 1 aromatic rings. The van der Waals surface area contributed by atoms with Gasteiger partial charge < -0.3 is 4.90 Å². The molecule has 3 nitrogen and oxygen atoms in total. The van der Waals surface area contributed by atoms with Gasteiger partial charge >= 0.3 is 0 Å². The molecule has 1 N–H and O–H groups in total. The molecule has 1 heterocycles. The first kappa shape index (κ1) is 14.6. The fraction of sp³-hybridized carbons (Fsp3) is 0.611. The SMILES string of the molecule is CCCCN1C(=O)C(c2ccccc2)NC1C1CCCC1. The first-order valence-corrected chi connectivity index (χ1v) is 8.42. The lowest BCUT2D eigenvalue weighted by Gasteiger charge is -2.28. The van der Waals surface area contributed by atoms with Crippen LogP contribution < -0.4 is 5.32 Å². The minimum Gasteiger partial charge on any atom is -0.325 e. The Hall–Kier alpha value is -1.35. The quantitative estimate of drug-likeness (QED) is 0.899. The van der Waals surface area contributed by atoms with Crippen molar-refractivity contribution in [3.63, 3.8) is 0 Å². The third kappa shape index (κ3) is 2.98. The highest BCUT2D eigenvalue weighted by Gasteiger charge is 2.43. The minimum absolute atomic E-state index is 0.145. The zero-order valence-corrected chi connectivity index (χ0v) is 12.9. The van der Waals surface area contributed by atoms with E-state index in [1.54, 1.807) is 0 Å². The van der Waals surface area contributed by atoms with Gasteiger partial charge in [0.2, 0.25) is 5.91 Å². The summed E-state index contributed by atoms with van der Waals surface area (Å²) in [6.07, 6.45) is 7.62. The first-order valence-electron chi connectivity index (χ1n) is 8.42. The van der Waals surface area contributed by atoms with Crippen molar-refractivity contribution in [3.8, 4) is 0 Å². The second-order valence-corrected chi connectivity index (χ2v) is 6.38. The number of nitrogens with one attached hydrogen (secondary N) is 1. The van der Waals surface area contributed by atoms with Crippen LogP contribution in [0.1, 0.15) is 57.1 Å². The van der Waals surface area contributed by atoms with Gasteiger partial charge in [0, 0.05) is 6.54 Å². The van der Waals surface area contributed by atoms with Crippen LogP contribution in [0.25, 0.3) is 0 Å². The van der Waals surface area contributed by atoms with Gasteiger partial charge in [0.15, 0.2) is 0 Å². The molecule has 1 saturated heterocycles. The second-order valence-electron chi connectivity index (χ2n) is 6.38. The van der Waals surface area contributed by atoms with Crippen LogP contribution in [-0.2, 0) is 4.79 Å². The maximum atomic E-state index is 12.8. The third-order valence-electron chi connectivity index (χ3n) is 4.94. The van der Waals surface area contributed by atoms with E-state index in [1.807, 2.05) is 18.2 Å². The molecule has 2 unspecified atom stereocenters. The lowest BCUT2D eigenvalue weighted by molar-refractivity contribution is -0.130. The summed E-state index contributed by atoms with van der Waals surface area (Å²) >= 11 is 0. The van der Waals surface area contributed by atoms with E-state index in [1.165, 1.54) is 25.7 Å². The van der Waals surface area contributed by atoms with Crippen LogP contribution in [-0.4, -0.2) is 23.5 Å². The maximum absolute atomic E-state index is 12.8. The number of carbonyl (C=O) groups excluding carboxylic acids is 1. The summed E-state index contributed by atoms with van der Waals surface area (Å²) in [5.41, 5.74) is 1.10. The molecule has 2 atom stereocenters. The number of carbonyl (C=O) groups is 1. The van der Waals surface area contributed by atoms with Crippen molar-refractivity contribution in [1.82, 2.24) is 10.2 Å². The number of rotatable bonds is 5. The van der Waals surface area contributed by atoms with Crippen LogP contribution in [0.3, 0.4) is 0 Å². The molecule has 1 aromatic carbocycles. The van der Waals surface area contributed by atoms with Crippen LogP contribution in [0.15, 0.2) is 30.3 Å². The van der Waals surface area contributed by atoms with Crippen LogP contribution in [0.5, 0.6) is 0 Å². The normalized spacial score (nSPS) is 26.7. The van der Waals surface area contributed by atoms with E-state index in [-0.39, 0.29) is 18.1 Å². The maximum Gasteiger partial charge on any atom is 0.245 e. The summed E-state index contributed by atoms with van der Waals surface area (Å²) in [6.45, 7) is 3.08. The molecule has 0 aromatic heterocycles. The fourth-order valence-electron chi connectivity index (χ4n) is 3.76. The summed E-state index contributed by atoms with van der Waals surface area (Å²) in [5.74, 6) is 0.908. The van der Waals surface area contributed by atoms with Gasteiger partial charge in [-0.1, -0.05) is 56.5 Å². The highest BCUT2D eigenvalue weighted by atomic mass is 16.2. The average molecular weight is 286 g/mol. The van der Waals surface area contributed by atoms with Crippen LogP contribution >= 0.6 is 0 Å². The molecule has 2 aliphatic rings. The number of hydrogen-bond acceptors (Lipinski definition) is 2. The van der Waals surface area contributed by atoms with Gasteiger partial charge in [0.05, 0.1) is 6.17 Å². The molecule has 0 radical (unpaired) electrons. The van der Waals surface area contributed by atoms with Crippen molar-refractivity contribution in [2.45, 2.75) is 57.7 Å². The Bertz CT molecular complexity index is 467. The Balaban J connectivity index is 1.80. The summed E-state index contributed by atoms with van der Waals surface area (Å²) in [5, 5.41) is 3.63. The van der Waals surface area contributed by atoms with Crippen LogP contribution in [0, 0.1) is 5.92 Å². The van der Waals surface area contributed by atoms with Gasteiger partial charge in [-0.05, 0) is 30.7 Å². The number of nitrogens with zero attached hydrogens (tertiary/aromatic N) is 1. The minimum atomic E-state index is -0.145. The van der Waals surface area contributed by atoms with E-state index in [2.05, 4.69) is 29.3 Å². The van der Waals surface area contributed by atoms with Gasteiger partial charge in [-0.2, -0.15) is 0 Å². The molecular weight excluding hydrogens is 260 g/mol. The monoisotopic (exact) mass is 286 g/mol. The summed E-state index contributed by atoms with van der Waals surface area (Å²) in [4.78, 5) is 15.0. The van der Waals surface area contributed by atoms with Crippen molar-refractivity contribution in [2.24, 2.45) is 5.92 Å². The Morgan fingerprint density at radius 3 is 2.57 bits per heavy atom. The Kier molecular flexibility index (Phi) is 4.59. The van der Waals surface area contributed by atoms with Gasteiger partial charge in [-0.3, -0.25) is 10.1 Å². The molecule has 0 spiro atoms. The molecule has 3 rings (SSSR count). The van der Waals surface area contributed by atoms with Crippen molar-refractivity contribution in [1.29, 1.82) is 0 Å². The van der Waals surface area contributed by atoms with Gasteiger partial charge in [0.25, 0.3) is 0 Å². The van der Waals surface area contributed by atoms with Crippen molar-refractivity contribution in [3.05, 3.63) is 35.9 Å². The molecule has 2 fully saturated rings. The molecule has 0 bridgehead atoms. The summed E-state index contributed by atoms with van der Waals surface area (Å²) < 4.78 is 0. The third-order valence-corrected chi connectivity index (χ3v) is 4.94. The number of unbranched alkanes of at least 4 members (excludes halogenated alkanes) is 1. The second kappa shape index (κ2) is 6.61. The number of amides is 1. The molecule has 1 aliphatic heterocycles. The fourth-order valence-corrected chi connectivity index (χ4v) is 3.76. The van der Waals surface area contributed by atoms with E-state index in [4.69, 9.17) is 0 Å². The number of benzene rings is 1. The highest BCUT2D eigenvalue weighted by molar-refractivity contribution is 5.85. The largest absolute Gasteiger partial charge is 0.325 e. The summed E-state index contributed by atoms with van der Waals surface area (Å²) in [6, 6.07) is 10.0. The molecule has 1 amide bonds. The Morgan fingerprint density at radius 1 is 1.19 bits per heavy atom. The topological polar surface area (TPSA) is 32.3 Å². The number of hydrogen-bond donors (Lipinski definition) is 1. The van der Waals surface area contributed by atoms with Gasteiger partial charge in [-0.15, -0.1) is 0 Å². The predicted molar refractivity (Wildman–Crippen MR) is 84.7 cm³/mol. The molecule has 114 valence electrons. The first-order chi connectivity index (χ1) is 10.3. The Morgan fingerprint density at radius 2 is 1.90 bits per heavy atom. The standard InChI is InChI=1S/C18H26N2O/c1-2-3-13-20-17(15-11-7-8-12-15)19-16(18(20)21)14-9-5-4-6-10-14/h4-6,9-10,15-17,19H,2-3,7-8,11-13H2,1H3. The highest BCUT2D eigenvalue weighted by Crippen LogP contribution is 2.35. The van der Waals surface area contributed by atoms with Gasteiger partial charge in [0.1, 0.15) is 6.04 Å². The molecule has 21 heavy (non-hydrogen) atoms. The van der Waals surface area contributed by atoms with Crippen LogP contribution in [0.2, 0.25) is 0 Å². The molecule has 1 saturated carbocycles. The molecule has 3 heteroatoms. The lowest BCUT2D eigenvalue weighted by Crippen LogP contribution is -2.42. The van der Waals surface area contributed by atoms with Crippen molar-refractivity contribution in [2.75, 3.05) is 6.54 Å². The van der Waals surface area contributed by atoms with E-state index in [0.717, 1.165) is 24.9 Å². The van der Waals surface area contributed by atoms with Crippen molar-refractivity contribution >= 4 is 5.91 Å². The van der Waals surface area contributed by atoms with Crippen LogP contribution in [0.4, 0.5) is 0 Å². The average Bonchev–Trinajstić information content (AvgIpc) is 3.14. The van der Waals surface area contributed by atoms with E-state index in [9.17, 15) is 4.79 Å². The van der Waals surface area contributed by atoms with E-state index in [0.29, 0.717) is 5.92 Å². The molecular formula is C18H26N2O. The zero-order valence-electron chi connectivity index (χ0n) is 12.9. The van der Waals surface area contributed by atoms with E-state index >= 15 is 0 Å².